The zero-order valence-electron chi connectivity index (χ0n) is 14.7. The van der Waals surface area contributed by atoms with E-state index in [1.165, 1.54) is 26.4 Å². The molecule has 2 aromatic rings. The molecule has 2 N–H and O–H groups in total. The molecule has 0 aliphatic carbocycles. The second kappa shape index (κ2) is 9.16. The summed E-state index contributed by atoms with van der Waals surface area (Å²) in [7, 11) is 4.52. The van der Waals surface area contributed by atoms with Crippen molar-refractivity contribution in [2.24, 2.45) is 0 Å². The van der Waals surface area contributed by atoms with Crippen molar-refractivity contribution in [3.05, 3.63) is 48.0 Å². The van der Waals surface area contributed by atoms with E-state index < -0.39 is 11.8 Å². The monoisotopic (exact) mass is 360 g/mol. The number of ether oxygens (including phenoxy) is 4. The predicted octanol–water partition coefficient (Wildman–Crippen LogP) is 1.55. The minimum Gasteiger partial charge on any atom is -0.497 e. The lowest BCUT2D eigenvalue weighted by Crippen LogP contribution is -2.43. The highest BCUT2D eigenvalue weighted by Gasteiger charge is 2.11. The van der Waals surface area contributed by atoms with Gasteiger partial charge in [-0.15, -0.1) is 0 Å². The van der Waals surface area contributed by atoms with Crippen molar-refractivity contribution >= 4 is 11.8 Å². The van der Waals surface area contributed by atoms with Crippen LogP contribution in [0.3, 0.4) is 0 Å². The second-order valence-electron chi connectivity index (χ2n) is 5.07. The van der Waals surface area contributed by atoms with Crippen LogP contribution in [0.1, 0.15) is 10.4 Å². The summed E-state index contributed by atoms with van der Waals surface area (Å²) in [6.07, 6.45) is 0. The molecule has 0 spiro atoms. The molecule has 2 rings (SSSR count). The Morgan fingerprint density at radius 3 is 1.85 bits per heavy atom. The molecule has 8 nitrogen and oxygen atoms in total. The van der Waals surface area contributed by atoms with E-state index in [-0.39, 0.29) is 12.2 Å². The summed E-state index contributed by atoms with van der Waals surface area (Å²) in [6.45, 7) is -0.256. The van der Waals surface area contributed by atoms with E-state index in [0.29, 0.717) is 23.0 Å². The molecule has 26 heavy (non-hydrogen) atoms. The first-order valence-corrected chi connectivity index (χ1v) is 7.65. The van der Waals surface area contributed by atoms with Crippen LogP contribution in [-0.4, -0.2) is 39.8 Å². The quantitative estimate of drug-likeness (QED) is 0.728. The molecule has 0 saturated heterocycles. The first-order chi connectivity index (χ1) is 12.5. The van der Waals surface area contributed by atoms with Gasteiger partial charge in [0.1, 0.15) is 23.0 Å². The lowest BCUT2D eigenvalue weighted by atomic mass is 10.2. The molecule has 2 amide bonds. The lowest BCUT2D eigenvalue weighted by Gasteiger charge is -2.11. The highest BCUT2D eigenvalue weighted by molar-refractivity contribution is 5.96. The van der Waals surface area contributed by atoms with Crippen LogP contribution >= 0.6 is 0 Å². The van der Waals surface area contributed by atoms with Gasteiger partial charge in [-0.2, -0.15) is 0 Å². The number of methoxy groups -OCH3 is 3. The molecule has 0 saturated carbocycles. The minimum atomic E-state index is -0.514. The number of hydrogen-bond donors (Lipinski definition) is 2. The fourth-order valence-corrected chi connectivity index (χ4v) is 1.99. The van der Waals surface area contributed by atoms with Gasteiger partial charge < -0.3 is 18.9 Å². The van der Waals surface area contributed by atoms with Crippen LogP contribution in [0.5, 0.6) is 23.0 Å². The molecule has 8 heteroatoms. The molecule has 0 radical (unpaired) electrons. The Morgan fingerprint density at radius 1 is 0.769 bits per heavy atom. The molecule has 0 unspecified atom stereocenters. The third-order valence-electron chi connectivity index (χ3n) is 3.36. The molecule has 0 aliphatic heterocycles. The maximum Gasteiger partial charge on any atom is 0.276 e. The summed E-state index contributed by atoms with van der Waals surface area (Å²) >= 11 is 0. The van der Waals surface area contributed by atoms with E-state index in [4.69, 9.17) is 18.9 Å². The Hall–Kier alpha value is -3.42. The summed E-state index contributed by atoms with van der Waals surface area (Å²) < 4.78 is 20.6. The largest absolute Gasteiger partial charge is 0.497 e. The van der Waals surface area contributed by atoms with Gasteiger partial charge in [0.2, 0.25) is 0 Å². The number of benzene rings is 2. The van der Waals surface area contributed by atoms with Gasteiger partial charge in [0.05, 0.1) is 21.3 Å². The minimum absolute atomic E-state index is 0.256. The van der Waals surface area contributed by atoms with Gasteiger partial charge in [-0.3, -0.25) is 20.4 Å². The van der Waals surface area contributed by atoms with E-state index in [9.17, 15) is 9.59 Å². The van der Waals surface area contributed by atoms with Crippen LogP contribution in [0.2, 0.25) is 0 Å². The van der Waals surface area contributed by atoms with E-state index in [2.05, 4.69) is 10.9 Å². The molecule has 138 valence electrons. The van der Waals surface area contributed by atoms with Crippen molar-refractivity contribution in [1.29, 1.82) is 0 Å². The average Bonchev–Trinajstić information content (AvgIpc) is 2.70. The second-order valence-corrected chi connectivity index (χ2v) is 5.07. The van der Waals surface area contributed by atoms with Gasteiger partial charge in [0, 0.05) is 11.6 Å². The summed E-state index contributed by atoms with van der Waals surface area (Å²) in [4.78, 5) is 23.9. The maximum atomic E-state index is 12.1. The number of amides is 2. The summed E-state index contributed by atoms with van der Waals surface area (Å²) in [5, 5.41) is 0. The van der Waals surface area contributed by atoms with Gasteiger partial charge in [-0.25, -0.2) is 0 Å². The molecule has 2 aromatic carbocycles. The number of nitrogens with one attached hydrogen (secondary N) is 2. The van der Waals surface area contributed by atoms with Crippen LogP contribution in [0.25, 0.3) is 0 Å². The zero-order chi connectivity index (χ0) is 18.9. The molecular weight excluding hydrogens is 340 g/mol. The summed E-state index contributed by atoms with van der Waals surface area (Å²) in [6, 6.07) is 11.5. The summed E-state index contributed by atoms with van der Waals surface area (Å²) in [5.41, 5.74) is 4.86. The number of hydrazine groups is 1. The smallest absolute Gasteiger partial charge is 0.276 e. The van der Waals surface area contributed by atoms with E-state index in [1.54, 1.807) is 37.4 Å². The molecular formula is C18H20N2O6. The van der Waals surface area contributed by atoms with Crippen LogP contribution < -0.4 is 29.8 Å². The molecule has 0 bridgehead atoms. The average molecular weight is 360 g/mol. The lowest BCUT2D eigenvalue weighted by molar-refractivity contribution is -0.123. The van der Waals surface area contributed by atoms with Crippen molar-refractivity contribution in [2.75, 3.05) is 27.9 Å². The fourth-order valence-electron chi connectivity index (χ4n) is 1.99. The predicted molar refractivity (Wildman–Crippen MR) is 93.6 cm³/mol. The van der Waals surface area contributed by atoms with Crippen molar-refractivity contribution in [3.8, 4) is 23.0 Å². The van der Waals surface area contributed by atoms with Crippen molar-refractivity contribution in [1.82, 2.24) is 10.9 Å². The number of hydrogen-bond acceptors (Lipinski definition) is 6. The van der Waals surface area contributed by atoms with Crippen molar-refractivity contribution in [3.63, 3.8) is 0 Å². The van der Waals surface area contributed by atoms with E-state index in [0.717, 1.165) is 0 Å². The van der Waals surface area contributed by atoms with Crippen LogP contribution in [0, 0.1) is 0 Å². The first-order valence-electron chi connectivity index (χ1n) is 7.65. The van der Waals surface area contributed by atoms with Crippen LogP contribution in [0.15, 0.2) is 42.5 Å². The fraction of sp³-hybridized carbons (Fsp3) is 0.222. The number of carbonyl (C=O) groups is 2. The van der Waals surface area contributed by atoms with E-state index in [1.807, 2.05) is 0 Å². The van der Waals surface area contributed by atoms with Crippen LogP contribution in [0.4, 0.5) is 0 Å². The maximum absolute atomic E-state index is 12.1. The van der Waals surface area contributed by atoms with Gasteiger partial charge in [0.25, 0.3) is 11.8 Å². The topological polar surface area (TPSA) is 95.1 Å². The van der Waals surface area contributed by atoms with Gasteiger partial charge in [-0.1, -0.05) is 0 Å². The Bertz CT molecular complexity index is 739. The van der Waals surface area contributed by atoms with Crippen molar-refractivity contribution in [2.45, 2.75) is 0 Å². The van der Waals surface area contributed by atoms with Gasteiger partial charge >= 0.3 is 0 Å². The molecule has 0 aliphatic rings. The number of carbonyl (C=O) groups excluding carboxylic acids is 2. The Labute approximate surface area is 151 Å². The highest BCUT2D eigenvalue weighted by atomic mass is 16.5. The van der Waals surface area contributed by atoms with Gasteiger partial charge in [0.15, 0.2) is 6.61 Å². The summed E-state index contributed by atoms with van der Waals surface area (Å²) in [5.74, 6) is 1.09. The van der Waals surface area contributed by atoms with Crippen molar-refractivity contribution < 1.29 is 28.5 Å². The normalized spacial score (nSPS) is 9.81. The Morgan fingerprint density at radius 2 is 1.31 bits per heavy atom. The first kappa shape index (κ1) is 18.9. The molecule has 0 fully saturated rings. The Balaban J connectivity index is 1.85. The Kier molecular flexibility index (Phi) is 6.67. The standard InChI is InChI=1S/C18H20N2O6/c1-23-13-4-6-14(7-5-13)26-11-17(21)19-20-18(22)12-8-15(24-2)10-16(9-12)25-3/h4-10H,11H2,1-3H3,(H,19,21)(H,20,22). The van der Waals surface area contributed by atoms with E-state index >= 15 is 0 Å². The molecule has 0 atom stereocenters. The van der Waals surface area contributed by atoms with Gasteiger partial charge in [-0.05, 0) is 36.4 Å². The van der Waals surface area contributed by atoms with Crippen LogP contribution in [-0.2, 0) is 4.79 Å². The highest BCUT2D eigenvalue weighted by Crippen LogP contribution is 2.22. The SMILES string of the molecule is COc1ccc(OCC(=O)NNC(=O)c2cc(OC)cc(OC)c2)cc1. The molecule has 0 aromatic heterocycles. The number of rotatable bonds is 7. The third kappa shape index (κ3) is 5.30. The third-order valence-corrected chi connectivity index (χ3v) is 3.36. The zero-order valence-corrected chi connectivity index (χ0v) is 14.7. The molecule has 0 heterocycles.